The molecule has 5 nitrogen and oxygen atoms in total. The molecular formula is C10H10N4O. The largest absolute Gasteiger partial charge is 0.350 e. The molecule has 0 saturated carbocycles. The van der Waals surface area contributed by atoms with Crippen LogP contribution in [0.3, 0.4) is 0 Å². The van der Waals surface area contributed by atoms with Gasteiger partial charge in [0, 0.05) is 0 Å². The monoisotopic (exact) mass is 202 g/mol. The number of hydrazone groups is 1. The standard InChI is InChI=1S/C10H10N4O/c11-7-6-9(13-14-10(12)15)8-4-2-1-3-5-8/h1-5H,6H2,(H3,12,14,15). The van der Waals surface area contributed by atoms with Crippen molar-refractivity contribution in [2.75, 3.05) is 0 Å². The molecule has 1 rings (SSSR count). The highest BCUT2D eigenvalue weighted by Crippen LogP contribution is 2.03. The van der Waals surface area contributed by atoms with E-state index >= 15 is 0 Å². The van der Waals surface area contributed by atoms with Gasteiger partial charge in [-0.25, -0.2) is 10.2 Å². The Hall–Kier alpha value is -2.35. The maximum absolute atomic E-state index is 10.5. The molecule has 0 heterocycles. The van der Waals surface area contributed by atoms with E-state index < -0.39 is 6.03 Å². The van der Waals surface area contributed by atoms with Crippen LogP contribution in [0.15, 0.2) is 35.4 Å². The molecule has 15 heavy (non-hydrogen) atoms. The lowest BCUT2D eigenvalue weighted by Gasteiger charge is -2.01. The van der Waals surface area contributed by atoms with Crippen molar-refractivity contribution in [3.8, 4) is 6.07 Å². The van der Waals surface area contributed by atoms with Crippen LogP contribution in [0.5, 0.6) is 0 Å². The molecule has 1 aromatic carbocycles. The third-order valence-corrected chi connectivity index (χ3v) is 1.65. The number of hydrogen-bond acceptors (Lipinski definition) is 3. The lowest BCUT2D eigenvalue weighted by Crippen LogP contribution is -2.26. The number of urea groups is 1. The van der Waals surface area contributed by atoms with Crippen molar-refractivity contribution in [2.45, 2.75) is 6.42 Å². The average Bonchev–Trinajstić information content (AvgIpc) is 2.25. The molecule has 1 aromatic rings. The number of carbonyl (C=O) groups excluding carboxylic acids is 1. The van der Waals surface area contributed by atoms with Gasteiger partial charge in [-0.15, -0.1) is 0 Å². The fourth-order valence-electron chi connectivity index (χ4n) is 1.03. The molecule has 0 unspecified atom stereocenters. The summed E-state index contributed by atoms with van der Waals surface area (Å²) in [5, 5.41) is 12.3. The van der Waals surface area contributed by atoms with Gasteiger partial charge >= 0.3 is 6.03 Å². The van der Waals surface area contributed by atoms with E-state index in [0.717, 1.165) is 5.56 Å². The molecule has 0 atom stereocenters. The Balaban J connectivity index is 2.89. The lowest BCUT2D eigenvalue weighted by molar-refractivity contribution is 0.249. The number of benzene rings is 1. The molecule has 0 radical (unpaired) electrons. The van der Waals surface area contributed by atoms with Gasteiger partial charge in [0.25, 0.3) is 0 Å². The maximum Gasteiger partial charge on any atom is 0.332 e. The second-order valence-electron chi connectivity index (χ2n) is 2.74. The van der Waals surface area contributed by atoms with E-state index in [4.69, 9.17) is 11.0 Å². The second kappa shape index (κ2) is 5.40. The minimum Gasteiger partial charge on any atom is -0.350 e. The summed E-state index contributed by atoms with van der Waals surface area (Å²) in [6.45, 7) is 0. The summed E-state index contributed by atoms with van der Waals surface area (Å²) in [5.74, 6) is 0. The fraction of sp³-hybridized carbons (Fsp3) is 0.100. The second-order valence-corrected chi connectivity index (χ2v) is 2.74. The van der Waals surface area contributed by atoms with Crippen LogP contribution in [0.25, 0.3) is 0 Å². The van der Waals surface area contributed by atoms with Crippen molar-refractivity contribution >= 4 is 11.7 Å². The molecule has 0 fully saturated rings. The topological polar surface area (TPSA) is 91.3 Å². The van der Waals surface area contributed by atoms with E-state index in [2.05, 4.69) is 10.5 Å². The van der Waals surface area contributed by atoms with Crippen LogP contribution in [0, 0.1) is 11.3 Å². The first-order valence-corrected chi connectivity index (χ1v) is 4.28. The van der Waals surface area contributed by atoms with Crippen LogP contribution in [-0.2, 0) is 0 Å². The SMILES string of the molecule is N#CCC(=NNC(N)=O)c1ccccc1. The predicted octanol–water partition coefficient (Wildman–Crippen LogP) is 0.973. The van der Waals surface area contributed by atoms with E-state index in [1.54, 1.807) is 12.1 Å². The van der Waals surface area contributed by atoms with Gasteiger partial charge in [0.15, 0.2) is 0 Å². The molecule has 0 bridgehead atoms. The number of amides is 2. The van der Waals surface area contributed by atoms with E-state index in [0.29, 0.717) is 5.71 Å². The molecule has 5 heteroatoms. The Morgan fingerprint density at radius 2 is 2.13 bits per heavy atom. The third kappa shape index (κ3) is 3.48. The average molecular weight is 202 g/mol. The van der Waals surface area contributed by atoms with Gasteiger partial charge in [-0.05, 0) is 5.56 Å². The number of nitrogens with one attached hydrogen (secondary N) is 1. The maximum atomic E-state index is 10.5. The molecule has 0 aromatic heterocycles. The summed E-state index contributed by atoms with van der Waals surface area (Å²) < 4.78 is 0. The molecule has 0 saturated heterocycles. The Labute approximate surface area is 87.2 Å². The van der Waals surface area contributed by atoms with Gasteiger partial charge in [0.1, 0.15) is 0 Å². The lowest BCUT2D eigenvalue weighted by atomic mass is 10.1. The van der Waals surface area contributed by atoms with Crippen molar-refractivity contribution in [3.05, 3.63) is 35.9 Å². The smallest absolute Gasteiger partial charge is 0.332 e. The van der Waals surface area contributed by atoms with Gasteiger partial charge in [0.05, 0.1) is 18.2 Å². The molecule has 0 spiro atoms. The van der Waals surface area contributed by atoms with Crippen LogP contribution >= 0.6 is 0 Å². The van der Waals surface area contributed by atoms with Crippen LogP contribution < -0.4 is 11.2 Å². The Bertz CT molecular complexity index is 405. The highest BCUT2D eigenvalue weighted by Gasteiger charge is 2.02. The molecule has 76 valence electrons. The molecule has 0 aliphatic rings. The minimum absolute atomic E-state index is 0.115. The van der Waals surface area contributed by atoms with Gasteiger partial charge in [-0.1, -0.05) is 30.3 Å². The third-order valence-electron chi connectivity index (χ3n) is 1.65. The minimum atomic E-state index is -0.749. The van der Waals surface area contributed by atoms with E-state index in [9.17, 15) is 4.79 Å². The first-order chi connectivity index (χ1) is 7.24. The highest BCUT2D eigenvalue weighted by atomic mass is 16.2. The Kier molecular flexibility index (Phi) is 3.86. The van der Waals surface area contributed by atoms with E-state index in [1.165, 1.54) is 0 Å². The zero-order chi connectivity index (χ0) is 11.1. The molecule has 3 N–H and O–H groups in total. The summed E-state index contributed by atoms with van der Waals surface area (Å²) in [4.78, 5) is 10.5. The predicted molar refractivity (Wildman–Crippen MR) is 55.9 cm³/mol. The Morgan fingerprint density at radius 1 is 1.47 bits per heavy atom. The molecule has 0 aliphatic heterocycles. The summed E-state index contributed by atoms with van der Waals surface area (Å²) >= 11 is 0. The number of nitriles is 1. The van der Waals surface area contributed by atoms with Crippen molar-refractivity contribution < 1.29 is 4.79 Å². The molecular weight excluding hydrogens is 192 g/mol. The van der Waals surface area contributed by atoms with Gasteiger partial charge in [-0.3, -0.25) is 0 Å². The summed E-state index contributed by atoms with van der Waals surface area (Å²) in [5.41, 5.74) is 8.25. The zero-order valence-corrected chi connectivity index (χ0v) is 7.97. The van der Waals surface area contributed by atoms with Crippen LogP contribution in [0.4, 0.5) is 4.79 Å². The van der Waals surface area contributed by atoms with Crippen LogP contribution in [0.1, 0.15) is 12.0 Å². The normalized spacial score (nSPS) is 10.5. The van der Waals surface area contributed by atoms with Crippen molar-refractivity contribution in [2.24, 2.45) is 10.8 Å². The van der Waals surface area contributed by atoms with Crippen LogP contribution in [0.2, 0.25) is 0 Å². The van der Waals surface area contributed by atoms with E-state index in [1.807, 2.05) is 24.3 Å². The number of nitrogens with two attached hydrogens (primary N) is 1. The quantitative estimate of drug-likeness (QED) is 0.564. The first kappa shape index (κ1) is 10.7. The fourth-order valence-corrected chi connectivity index (χ4v) is 1.03. The molecule has 2 amide bonds. The van der Waals surface area contributed by atoms with Gasteiger partial charge in [-0.2, -0.15) is 10.4 Å². The number of rotatable bonds is 3. The number of primary amides is 1. The van der Waals surface area contributed by atoms with E-state index in [-0.39, 0.29) is 6.42 Å². The highest BCUT2D eigenvalue weighted by molar-refractivity contribution is 6.02. The van der Waals surface area contributed by atoms with Crippen molar-refractivity contribution in [1.82, 2.24) is 5.43 Å². The summed E-state index contributed by atoms with van der Waals surface area (Å²) in [6.07, 6.45) is 0.115. The Morgan fingerprint density at radius 3 is 2.67 bits per heavy atom. The number of nitrogens with zero attached hydrogens (tertiary/aromatic N) is 2. The summed E-state index contributed by atoms with van der Waals surface area (Å²) in [7, 11) is 0. The first-order valence-electron chi connectivity index (χ1n) is 4.28. The van der Waals surface area contributed by atoms with Gasteiger partial charge < -0.3 is 5.73 Å². The molecule has 0 aliphatic carbocycles. The summed E-state index contributed by atoms with van der Waals surface area (Å²) in [6, 6.07) is 10.3. The van der Waals surface area contributed by atoms with Gasteiger partial charge in [0.2, 0.25) is 0 Å². The number of hydrogen-bond donors (Lipinski definition) is 2. The van der Waals surface area contributed by atoms with Crippen molar-refractivity contribution in [1.29, 1.82) is 5.26 Å². The number of carbonyl (C=O) groups is 1. The zero-order valence-electron chi connectivity index (χ0n) is 7.97. The van der Waals surface area contributed by atoms with Crippen molar-refractivity contribution in [3.63, 3.8) is 0 Å². The van der Waals surface area contributed by atoms with Crippen LogP contribution in [-0.4, -0.2) is 11.7 Å².